The second kappa shape index (κ2) is 4.55. The minimum absolute atomic E-state index is 0.142. The Labute approximate surface area is 98.1 Å². The molecule has 1 atom stereocenters. The summed E-state index contributed by atoms with van der Waals surface area (Å²) in [6.07, 6.45) is 0.216. The maximum Gasteiger partial charge on any atom is 0.311 e. The highest BCUT2D eigenvalue weighted by molar-refractivity contribution is 5.81. The number of fused-ring (bicyclic) bond motifs is 1. The molecule has 0 radical (unpaired) electrons. The number of aromatic amines is 1. The van der Waals surface area contributed by atoms with Crippen LogP contribution in [0, 0.1) is 6.92 Å². The van der Waals surface area contributed by atoms with Gasteiger partial charge in [-0.25, -0.2) is 4.98 Å². The van der Waals surface area contributed by atoms with Crippen LogP contribution < -0.4 is 0 Å². The van der Waals surface area contributed by atoms with Gasteiger partial charge in [-0.1, -0.05) is 6.07 Å². The number of imidazole rings is 1. The Morgan fingerprint density at radius 2 is 2.29 bits per heavy atom. The second-order valence-corrected chi connectivity index (χ2v) is 4.00. The van der Waals surface area contributed by atoms with Gasteiger partial charge in [-0.05, 0) is 31.0 Å². The lowest BCUT2D eigenvalue weighted by atomic mass is 9.96. The van der Waals surface area contributed by atoms with Gasteiger partial charge < -0.3 is 15.2 Å². The molecule has 17 heavy (non-hydrogen) atoms. The van der Waals surface area contributed by atoms with Gasteiger partial charge in [0.25, 0.3) is 0 Å². The quantitative estimate of drug-likeness (QED) is 0.746. The molecule has 0 aliphatic carbocycles. The Hall–Kier alpha value is -1.88. The molecule has 5 nitrogen and oxygen atoms in total. The van der Waals surface area contributed by atoms with Crippen molar-refractivity contribution < 1.29 is 15.0 Å². The number of carboxylic acids is 1. The van der Waals surface area contributed by atoms with E-state index in [0.717, 1.165) is 16.9 Å². The van der Waals surface area contributed by atoms with Crippen LogP contribution >= 0.6 is 0 Å². The summed E-state index contributed by atoms with van der Waals surface area (Å²) >= 11 is 0. The summed E-state index contributed by atoms with van der Waals surface area (Å²) in [6, 6.07) is 5.32. The van der Waals surface area contributed by atoms with Gasteiger partial charge in [0, 0.05) is 6.61 Å². The van der Waals surface area contributed by atoms with Crippen LogP contribution in [0.2, 0.25) is 0 Å². The number of benzene rings is 1. The number of aliphatic hydroxyl groups is 1. The van der Waals surface area contributed by atoms with E-state index in [1.54, 1.807) is 18.2 Å². The predicted octanol–water partition coefficient (Wildman–Crippen LogP) is 1.42. The first kappa shape index (κ1) is 11.6. The number of carbonyl (C=O) groups is 1. The number of carboxylic acid groups (broad SMARTS) is 1. The van der Waals surface area contributed by atoms with Crippen molar-refractivity contribution in [2.75, 3.05) is 6.61 Å². The normalized spacial score (nSPS) is 12.8. The third-order valence-corrected chi connectivity index (χ3v) is 2.74. The van der Waals surface area contributed by atoms with Crippen LogP contribution in [0.5, 0.6) is 0 Å². The van der Waals surface area contributed by atoms with E-state index in [9.17, 15) is 4.79 Å². The zero-order chi connectivity index (χ0) is 12.4. The maximum atomic E-state index is 11.1. The number of aliphatic hydroxyl groups excluding tert-OH is 1. The molecule has 0 amide bonds. The topological polar surface area (TPSA) is 86.2 Å². The summed E-state index contributed by atoms with van der Waals surface area (Å²) in [7, 11) is 0. The molecule has 0 spiro atoms. The number of nitrogens with zero attached hydrogens (tertiary/aromatic N) is 1. The van der Waals surface area contributed by atoms with E-state index in [2.05, 4.69) is 9.97 Å². The number of aliphatic carboxylic acids is 1. The van der Waals surface area contributed by atoms with Crippen molar-refractivity contribution in [3.63, 3.8) is 0 Å². The van der Waals surface area contributed by atoms with Crippen molar-refractivity contribution >= 4 is 17.0 Å². The van der Waals surface area contributed by atoms with E-state index in [4.69, 9.17) is 10.2 Å². The average molecular weight is 234 g/mol. The van der Waals surface area contributed by atoms with Gasteiger partial charge >= 0.3 is 5.97 Å². The van der Waals surface area contributed by atoms with Gasteiger partial charge in [-0.2, -0.15) is 0 Å². The third kappa shape index (κ3) is 2.29. The van der Waals surface area contributed by atoms with Crippen LogP contribution in [-0.4, -0.2) is 32.8 Å². The lowest BCUT2D eigenvalue weighted by Crippen LogP contribution is -2.13. The van der Waals surface area contributed by atoms with Crippen LogP contribution in [0.1, 0.15) is 23.7 Å². The van der Waals surface area contributed by atoms with E-state index in [1.165, 1.54) is 0 Å². The minimum Gasteiger partial charge on any atom is -0.481 e. The van der Waals surface area contributed by atoms with Crippen LogP contribution in [0.15, 0.2) is 18.2 Å². The fourth-order valence-corrected chi connectivity index (χ4v) is 1.93. The molecule has 1 unspecified atom stereocenters. The van der Waals surface area contributed by atoms with E-state index in [-0.39, 0.29) is 13.0 Å². The first-order valence-corrected chi connectivity index (χ1v) is 5.41. The molecule has 0 aliphatic rings. The Morgan fingerprint density at radius 3 is 2.94 bits per heavy atom. The van der Waals surface area contributed by atoms with Gasteiger partial charge in [0.05, 0.1) is 17.0 Å². The number of aromatic nitrogens is 2. The van der Waals surface area contributed by atoms with Crippen molar-refractivity contribution in [1.82, 2.24) is 9.97 Å². The molecule has 90 valence electrons. The predicted molar refractivity (Wildman–Crippen MR) is 62.9 cm³/mol. The van der Waals surface area contributed by atoms with Crippen LogP contribution in [0.4, 0.5) is 0 Å². The average Bonchev–Trinajstić information content (AvgIpc) is 2.64. The molecular weight excluding hydrogens is 220 g/mol. The molecule has 2 rings (SSSR count). The fourth-order valence-electron chi connectivity index (χ4n) is 1.93. The molecule has 0 saturated heterocycles. The lowest BCUT2D eigenvalue weighted by Gasteiger charge is -2.10. The minimum atomic E-state index is -0.922. The van der Waals surface area contributed by atoms with Crippen molar-refractivity contribution in [2.24, 2.45) is 0 Å². The van der Waals surface area contributed by atoms with Crippen molar-refractivity contribution in [3.8, 4) is 0 Å². The van der Waals surface area contributed by atoms with E-state index >= 15 is 0 Å². The largest absolute Gasteiger partial charge is 0.481 e. The van der Waals surface area contributed by atoms with E-state index in [0.29, 0.717) is 5.56 Å². The Kier molecular flexibility index (Phi) is 3.10. The SMILES string of the molecule is Cc1nc2ccc(C(CCO)C(=O)O)cc2[nH]1. The highest BCUT2D eigenvalue weighted by Crippen LogP contribution is 2.23. The summed E-state index contributed by atoms with van der Waals surface area (Å²) in [5.41, 5.74) is 2.33. The molecule has 3 N–H and O–H groups in total. The molecule has 1 heterocycles. The standard InChI is InChI=1S/C12H14N2O3/c1-7-13-10-3-2-8(6-11(10)14-7)9(4-5-15)12(16)17/h2-3,6,9,15H,4-5H2,1H3,(H,13,14)(H,16,17). The molecule has 5 heteroatoms. The molecule has 0 aliphatic heterocycles. The van der Waals surface area contributed by atoms with E-state index in [1.807, 2.05) is 6.92 Å². The van der Waals surface area contributed by atoms with Gasteiger partial charge in [0.2, 0.25) is 0 Å². The molecule has 0 bridgehead atoms. The monoisotopic (exact) mass is 234 g/mol. The van der Waals surface area contributed by atoms with Gasteiger partial charge in [0.15, 0.2) is 0 Å². The van der Waals surface area contributed by atoms with Crippen molar-refractivity contribution in [1.29, 1.82) is 0 Å². The number of aryl methyl sites for hydroxylation is 1. The molecule has 1 aromatic heterocycles. The summed E-state index contributed by atoms with van der Waals surface area (Å²) in [5.74, 6) is -0.797. The number of nitrogens with one attached hydrogen (secondary N) is 1. The van der Waals surface area contributed by atoms with Crippen LogP contribution in [0.3, 0.4) is 0 Å². The summed E-state index contributed by atoms with van der Waals surface area (Å²) in [6.45, 7) is 1.71. The highest BCUT2D eigenvalue weighted by atomic mass is 16.4. The van der Waals surface area contributed by atoms with Crippen LogP contribution in [0.25, 0.3) is 11.0 Å². The zero-order valence-electron chi connectivity index (χ0n) is 9.47. The maximum absolute atomic E-state index is 11.1. The summed E-state index contributed by atoms with van der Waals surface area (Å²) < 4.78 is 0. The lowest BCUT2D eigenvalue weighted by molar-refractivity contribution is -0.139. The first-order valence-electron chi connectivity index (χ1n) is 5.41. The van der Waals surface area contributed by atoms with Gasteiger partial charge in [-0.3, -0.25) is 4.79 Å². The second-order valence-electron chi connectivity index (χ2n) is 4.00. The van der Waals surface area contributed by atoms with E-state index < -0.39 is 11.9 Å². The highest BCUT2D eigenvalue weighted by Gasteiger charge is 2.19. The van der Waals surface area contributed by atoms with Gasteiger partial charge in [-0.15, -0.1) is 0 Å². The van der Waals surface area contributed by atoms with Crippen molar-refractivity contribution in [2.45, 2.75) is 19.3 Å². The smallest absolute Gasteiger partial charge is 0.311 e. The first-order chi connectivity index (χ1) is 8.11. The summed E-state index contributed by atoms with van der Waals surface area (Å²) in [4.78, 5) is 18.4. The number of H-pyrrole nitrogens is 1. The van der Waals surface area contributed by atoms with Gasteiger partial charge in [0.1, 0.15) is 5.82 Å². The Balaban J connectivity index is 2.42. The number of hydrogen-bond donors (Lipinski definition) is 3. The molecule has 2 aromatic rings. The number of hydrogen-bond acceptors (Lipinski definition) is 3. The van der Waals surface area contributed by atoms with Crippen LogP contribution in [-0.2, 0) is 4.79 Å². The molecule has 1 aromatic carbocycles. The molecule has 0 fully saturated rings. The Bertz CT molecular complexity index is 548. The molecular formula is C12H14N2O3. The molecule has 0 saturated carbocycles. The fraction of sp³-hybridized carbons (Fsp3) is 0.333. The summed E-state index contributed by atoms with van der Waals surface area (Å²) in [5, 5.41) is 18.0. The zero-order valence-corrected chi connectivity index (χ0v) is 9.47. The Morgan fingerprint density at radius 1 is 1.53 bits per heavy atom. The number of rotatable bonds is 4. The third-order valence-electron chi connectivity index (χ3n) is 2.74. The van der Waals surface area contributed by atoms with Crippen molar-refractivity contribution in [3.05, 3.63) is 29.6 Å².